The number of anilines is 2. The zero-order valence-corrected chi connectivity index (χ0v) is 20.8. The standard InChI is InChI=1S/C28H33N5S/c1-19(14-15-20-10-4-2-5-11-20)31-26-25-24(29-18-30-26)23-21-12-6-7-13-22(21)27(32-28(23)34-25)33-16-8-3-9-17-33/h2,4-5,10-11,18-19H,3,6-9,12-17H2,1H3,(H,29,30,31)/t19-/m0/s1. The Bertz CT molecular complexity index is 1290. The van der Waals surface area contributed by atoms with Gasteiger partial charge in [-0.2, -0.15) is 0 Å². The molecule has 5 nitrogen and oxygen atoms in total. The van der Waals surface area contributed by atoms with Crippen molar-refractivity contribution in [3.05, 3.63) is 53.3 Å². The third-order valence-corrected chi connectivity index (χ3v) is 8.53. The summed E-state index contributed by atoms with van der Waals surface area (Å²) < 4.78 is 1.15. The molecule has 1 atom stereocenters. The fraction of sp³-hybridized carbons (Fsp3) is 0.464. The molecule has 6 rings (SSSR count). The van der Waals surface area contributed by atoms with E-state index in [2.05, 4.69) is 52.5 Å². The Morgan fingerprint density at radius 1 is 0.971 bits per heavy atom. The number of nitrogens with zero attached hydrogens (tertiary/aromatic N) is 4. The van der Waals surface area contributed by atoms with Crippen LogP contribution in [-0.4, -0.2) is 34.1 Å². The van der Waals surface area contributed by atoms with Crippen LogP contribution in [0.15, 0.2) is 36.7 Å². The van der Waals surface area contributed by atoms with Gasteiger partial charge in [0.2, 0.25) is 0 Å². The molecule has 6 heteroatoms. The minimum atomic E-state index is 0.328. The number of fused-ring (bicyclic) bond motifs is 5. The first-order valence-corrected chi connectivity index (χ1v) is 13.7. The third kappa shape index (κ3) is 4.13. The van der Waals surface area contributed by atoms with Crippen molar-refractivity contribution in [2.45, 2.75) is 70.8 Å². The van der Waals surface area contributed by atoms with Crippen LogP contribution in [0.1, 0.15) is 62.1 Å². The highest BCUT2D eigenvalue weighted by Gasteiger charge is 2.26. The molecule has 0 unspecified atom stereocenters. The molecule has 176 valence electrons. The number of aryl methyl sites for hydroxylation is 2. The van der Waals surface area contributed by atoms with E-state index >= 15 is 0 Å². The van der Waals surface area contributed by atoms with Crippen molar-refractivity contribution in [1.82, 2.24) is 15.0 Å². The molecule has 0 spiro atoms. The molecule has 4 aromatic rings. The number of thiophene rings is 1. The third-order valence-electron chi connectivity index (χ3n) is 7.45. The number of rotatable bonds is 6. The fourth-order valence-corrected chi connectivity index (χ4v) is 6.75. The molecule has 0 radical (unpaired) electrons. The molecule has 0 saturated carbocycles. The Morgan fingerprint density at radius 2 is 1.76 bits per heavy atom. The minimum absolute atomic E-state index is 0.328. The highest BCUT2D eigenvalue weighted by Crippen LogP contribution is 2.43. The minimum Gasteiger partial charge on any atom is -0.366 e. The summed E-state index contributed by atoms with van der Waals surface area (Å²) in [4.78, 5) is 18.4. The first kappa shape index (κ1) is 21.8. The molecule has 0 amide bonds. The normalized spacial score (nSPS) is 17.1. The second kappa shape index (κ2) is 9.49. The Balaban J connectivity index is 1.36. The highest BCUT2D eigenvalue weighted by atomic mass is 32.1. The molecule has 1 aliphatic carbocycles. The van der Waals surface area contributed by atoms with Gasteiger partial charge in [0.05, 0.1) is 10.2 Å². The molecule has 2 aliphatic rings. The van der Waals surface area contributed by atoms with E-state index in [0.29, 0.717) is 6.04 Å². The van der Waals surface area contributed by atoms with E-state index in [9.17, 15) is 0 Å². The average molecular weight is 472 g/mol. The number of aromatic nitrogens is 3. The molecule has 0 bridgehead atoms. The van der Waals surface area contributed by atoms with Gasteiger partial charge in [-0.25, -0.2) is 15.0 Å². The van der Waals surface area contributed by atoms with Gasteiger partial charge >= 0.3 is 0 Å². The second-order valence-electron chi connectivity index (χ2n) is 9.90. The number of hydrogen-bond donors (Lipinski definition) is 1. The maximum absolute atomic E-state index is 5.29. The Kier molecular flexibility index (Phi) is 6.08. The zero-order valence-electron chi connectivity index (χ0n) is 20.0. The lowest BCUT2D eigenvalue weighted by atomic mass is 9.89. The van der Waals surface area contributed by atoms with Crippen molar-refractivity contribution in [1.29, 1.82) is 0 Å². The molecule has 4 heterocycles. The van der Waals surface area contributed by atoms with Crippen molar-refractivity contribution in [2.75, 3.05) is 23.3 Å². The smallest absolute Gasteiger partial charge is 0.147 e. The van der Waals surface area contributed by atoms with E-state index in [0.717, 1.165) is 59.6 Å². The van der Waals surface area contributed by atoms with E-state index in [4.69, 9.17) is 9.97 Å². The fourth-order valence-electron chi connectivity index (χ4n) is 5.64. The maximum Gasteiger partial charge on any atom is 0.147 e. The first-order valence-electron chi connectivity index (χ1n) is 12.9. The van der Waals surface area contributed by atoms with Gasteiger partial charge in [-0.15, -0.1) is 11.3 Å². The molecule has 3 aromatic heterocycles. The van der Waals surface area contributed by atoms with Gasteiger partial charge in [0.1, 0.15) is 22.8 Å². The molecule has 1 aromatic carbocycles. The number of benzene rings is 1. The summed E-state index contributed by atoms with van der Waals surface area (Å²) in [6.45, 7) is 4.53. The van der Waals surface area contributed by atoms with Crippen LogP contribution >= 0.6 is 11.3 Å². The zero-order chi connectivity index (χ0) is 22.9. The number of nitrogens with one attached hydrogen (secondary N) is 1. The Morgan fingerprint density at radius 3 is 2.59 bits per heavy atom. The quantitative estimate of drug-likeness (QED) is 0.346. The van der Waals surface area contributed by atoms with Gasteiger partial charge in [0.15, 0.2) is 0 Å². The highest BCUT2D eigenvalue weighted by molar-refractivity contribution is 7.26. The molecule has 1 N–H and O–H groups in total. The molecule has 1 saturated heterocycles. The molecule has 34 heavy (non-hydrogen) atoms. The van der Waals surface area contributed by atoms with Gasteiger partial charge in [-0.3, -0.25) is 0 Å². The van der Waals surface area contributed by atoms with Crippen molar-refractivity contribution < 1.29 is 0 Å². The summed E-state index contributed by atoms with van der Waals surface area (Å²) in [5, 5.41) is 4.98. The van der Waals surface area contributed by atoms with Crippen LogP contribution in [0.4, 0.5) is 11.6 Å². The van der Waals surface area contributed by atoms with Crippen LogP contribution in [0, 0.1) is 0 Å². The SMILES string of the molecule is C[C@@H](CCc1ccccc1)Nc1ncnc2c1sc1nc(N3CCCCC3)c3c(c12)CCCC3. The number of pyridine rings is 1. The van der Waals surface area contributed by atoms with Crippen LogP contribution in [0.3, 0.4) is 0 Å². The summed E-state index contributed by atoms with van der Waals surface area (Å²) in [5.74, 6) is 2.21. The summed E-state index contributed by atoms with van der Waals surface area (Å²) >= 11 is 1.77. The number of piperidine rings is 1. The average Bonchev–Trinajstić information content (AvgIpc) is 3.28. The summed E-state index contributed by atoms with van der Waals surface area (Å²) in [5.41, 5.74) is 5.46. The summed E-state index contributed by atoms with van der Waals surface area (Å²) in [6.07, 6.45) is 12.6. The first-order chi connectivity index (χ1) is 16.8. The van der Waals surface area contributed by atoms with Gasteiger partial charge < -0.3 is 10.2 Å². The van der Waals surface area contributed by atoms with Crippen LogP contribution in [0.5, 0.6) is 0 Å². The maximum atomic E-state index is 5.29. The van der Waals surface area contributed by atoms with Crippen molar-refractivity contribution in [3.8, 4) is 0 Å². The lowest BCUT2D eigenvalue weighted by molar-refractivity contribution is 0.569. The predicted molar refractivity (Wildman–Crippen MR) is 143 cm³/mol. The van der Waals surface area contributed by atoms with Crippen LogP contribution < -0.4 is 10.2 Å². The van der Waals surface area contributed by atoms with Crippen molar-refractivity contribution in [3.63, 3.8) is 0 Å². The van der Waals surface area contributed by atoms with Gasteiger partial charge in [-0.05, 0) is 81.4 Å². The van der Waals surface area contributed by atoms with E-state index in [1.807, 2.05) is 0 Å². The molecule has 1 fully saturated rings. The van der Waals surface area contributed by atoms with Crippen LogP contribution in [0.2, 0.25) is 0 Å². The lowest BCUT2D eigenvalue weighted by Gasteiger charge is -2.31. The Hall–Kier alpha value is -2.73. The van der Waals surface area contributed by atoms with Gasteiger partial charge in [0.25, 0.3) is 0 Å². The Labute approximate surface area is 205 Å². The molecular formula is C28H33N5S. The summed E-state index contributed by atoms with van der Waals surface area (Å²) in [7, 11) is 0. The van der Waals surface area contributed by atoms with E-state index < -0.39 is 0 Å². The van der Waals surface area contributed by atoms with E-state index in [1.165, 1.54) is 60.0 Å². The number of hydrogen-bond acceptors (Lipinski definition) is 6. The van der Waals surface area contributed by atoms with Crippen LogP contribution in [0.25, 0.3) is 20.4 Å². The second-order valence-corrected chi connectivity index (χ2v) is 10.9. The van der Waals surface area contributed by atoms with Crippen molar-refractivity contribution >= 4 is 43.4 Å². The van der Waals surface area contributed by atoms with Crippen molar-refractivity contribution in [2.24, 2.45) is 0 Å². The van der Waals surface area contributed by atoms with Gasteiger partial charge in [-0.1, -0.05) is 30.3 Å². The van der Waals surface area contributed by atoms with E-state index in [-0.39, 0.29) is 0 Å². The van der Waals surface area contributed by atoms with Gasteiger partial charge in [0, 0.05) is 24.5 Å². The molecule has 1 aliphatic heterocycles. The largest absolute Gasteiger partial charge is 0.366 e. The monoisotopic (exact) mass is 471 g/mol. The lowest BCUT2D eigenvalue weighted by Crippen LogP contribution is -2.31. The van der Waals surface area contributed by atoms with Crippen LogP contribution in [-0.2, 0) is 19.3 Å². The summed E-state index contributed by atoms with van der Waals surface area (Å²) in [6, 6.07) is 11.0. The predicted octanol–water partition coefficient (Wildman–Crippen LogP) is 6.54. The van der Waals surface area contributed by atoms with E-state index in [1.54, 1.807) is 17.7 Å². The topological polar surface area (TPSA) is 53.9 Å². The molecular weight excluding hydrogens is 438 g/mol.